The molecule has 146 valence electrons. The second kappa shape index (κ2) is 9.12. The van der Waals surface area contributed by atoms with E-state index in [1.165, 1.54) is 11.8 Å². The number of benzene rings is 2. The van der Waals surface area contributed by atoms with Gasteiger partial charge in [-0.25, -0.2) is 0 Å². The summed E-state index contributed by atoms with van der Waals surface area (Å²) in [6, 6.07) is 9.26. The average molecular weight is 404 g/mol. The van der Waals surface area contributed by atoms with E-state index < -0.39 is 24.4 Å². The van der Waals surface area contributed by atoms with Crippen LogP contribution in [-0.2, 0) is 6.18 Å². The Morgan fingerprint density at radius 1 is 1.04 bits per heavy atom. The smallest absolute Gasteiger partial charge is 0.416 e. The van der Waals surface area contributed by atoms with Gasteiger partial charge in [0.2, 0.25) is 0 Å². The third kappa shape index (κ3) is 6.16. The van der Waals surface area contributed by atoms with Crippen molar-refractivity contribution < 1.29 is 31.4 Å². The van der Waals surface area contributed by atoms with Crippen molar-refractivity contribution >= 4 is 11.8 Å². The van der Waals surface area contributed by atoms with Crippen molar-refractivity contribution in [1.82, 2.24) is 0 Å². The van der Waals surface area contributed by atoms with Crippen molar-refractivity contribution in [2.24, 2.45) is 0 Å². The van der Waals surface area contributed by atoms with Gasteiger partial charge in [-0.2, -0.15) is 22.0 Å². The van der Waals surface area contributed by atoms with E-state index in [1.54, 1.807) is 19.2 Å². The molecule has 0 fully saturated rings. The molecular weight excluding hydrogens is 387 g/mol. The maximum absolute atomic E-state index is 13.1. The van der Waals surface area contributed by atoms with Crippen LogP contribution in [0.2, 0.25) is 0 Å². The summed E-state index contributed by atoms with van der Waals surface area (Å²) < 4.78 is 74.2. The zero-order chi connectivity index (χ0) is 20.0. The highest BCUT2D eigenvalue weighted by Crippen LogP contribution is 2.31. The molecule has 0 bridgehead atoms. The lowest BCUT2D eigenvalue weighted by atomic mass is 10.2. The first-order valence-electron chi connectivity index (χ1n) is 7.81. The second-order valence-corrected chi connectivity index (χ2v) is 6.64. The van der Waals surface area contributed by atoms with Gasteiger partial charge >= 0.3 is 6.18 Å². The molecule has 0 aliphatic heterocycles. The minimum atomic E-state index is -4.46. The first kappa shape index (κ1) is 21.1. The van der Waals surface area contributed by atoms with Crippen LogP contribution >= 0.6 is 11.8 Å². The zero-order valence-electron chi connectivity index (χ0n) is 14.6. The highest BCUT2D eigenvalue weighted by atomic mass is 32.2. The highest BCUT2D eigenvalue weighted by molar-refractivity contribution is 7.99. The summed E-state index contributed by atoms with van der Waals surface area (Å²) in [7, 11) is 1.55. The lowest BCUT2D eigenvalue weighted by Gasteiger charge is -2.11. The monoisotopic (exact) mass is 404 g/mol. The quantitative estimate of drug-likeness (QED) is 0.396. The number of hydrogen-bond donors (Lipinski definition) is 0. The van der Waals surface area contributed by atoms with E-state index in [4.69, 9.17) is 9.47 Å². The van der Waals surface area contributed by atoms with E-state index in [0.717, 1.165) is 34.7 Å². The van der Waals surface area contributed by atoms with Crippen LogP contribution in [0.25, 0.3) is 0 Å². The van der Waals surface area contributed by atoms with Gasteiger partial charge in [-0.1, -0.05) is 0 Å². The van der Waals surface area contributed by atoms with E-state index in [1.807, 2.05) is 13.0 Å². The normalized spacial score (nSPS) is 11.2. The molecule has 0 saturated carbocycles. The predicted molar refractivity (Wildman–Crippen MR) is 94.6 cm³/mol. The maximum Gasteiger partial charge on any atom is 0.416 e. The molecule has 2 nitrogen and oxygen atoms in total. The Balaban J connectivity index is 1.96. The summed E-state index contributed by atoms with van der Waals surface area (Å²) >= 11 is 1.21. The molecule has 0 aliphatic carbocycles. The van der Waals surface area contributed by atoms with Gasteiger partial charge in [-0.3, -0.25) is 0 Å². The summed E-state index contributed by atoms with van der Waals surface area (Å²) in [4.78, 5) is 0.793. The average Bonchev–Trinajstić information content (AvgIpc) is 2.61. The first-order valence-corrected chi connectivity index (χ1v) is 8.79. The zero-order valence-corrected chi connectivity index (χ0v) is 15.4. The van der Waals surface area contributed by atoms with Crippen LogP contribution in [0.15, 0.2) is 59.0 Å². The van der Waals surface area contributed by atoms with Crippen LogP contribution in [0, 0.1) is 6.92 Å². The molecule has 0 aliphatic rings. The number of hydrogen-bond acceptors (Lipinski definition) is 3. The lowest BCUT2D eigenvalue weighted by molar-refractivity contribution is -0.137. The molecule has 0 amide bonds. The van der Waals surface area contributed by atoms with Crippen molar-refractivity contribution in [3.8, 4) is 11.5 Å². The summed E-state index contributed by atoms with van der Waals surface area (Å²) in [6.45, 7) is 1.44. The number of rotatable bonds is 7. The fourth-order valence-corrected chi connectivity index (χ4v) is 3.13. The Kier molecular flexibility index (Phi) is 7.12. The molecule has 2 rings (SSSR count). The molecule has 0 spiro atoms. The van der Waals surface area contributed by atoms with Crippen LogP contribution < -0.4 is 9.47 Å². The van der Waals surface area contributed by atoms with Crippen LogP contribution in [0.4, 0.5) is 22.0 Å². The number of thioether (sulfide) groups is 1. The van der Waals surface area contributed by atoms with E-state index >= 15 is 0 Å². The van der Waals surface area contributed by atoms with Crippen LogP contribution in [0.1, 0.15) is 11.1 Å². The Bertz CT molecular complexity index is 797. The Morgan fingerprint density at radius 3 is 2.22 bits per heavy atom. The fourth-order valence-electron chi connectivity index (χ4n) is 2.17. The van der Waals surface area contributed by atoms with Crippen molar-refractivity contribution in [3.63, 3.8) is 0 Å². The van der Waals surface area contributed by atoms with E-state index in [-0.39, 0.29) is 17.1 Å². The van der Waals surface area contributed by atoms with Gasteiger partial charge < -0.3 is 9.47 Å². The molecule has 0 saturated heterocycles. The third-order valence-electron chi connectivity index (χ3n) is 3.64. The molecule has 0 radical (unpaired) electrons. The van der Waals surface area contributed by atoms with Crippen LogP contribution in [0.3, 0.4) is 0 Å². The Hall–Kier alpha value is -2.22. The largest absolute Gasteiger partial charge is 0.496 e. The van der Waals surface area contributed by atoms with Crippen LogP contribution in [0.5, 0.6) is 11.5 Å². The van der Waals surface area contributed by atoms with Crippen molar-refractivity contribution in [3.05, 3.63) is 65.2 Å². The number of aryl methyl sites for hydroxylation is 1. The van der Waals surface area contributed by atoms with Gasteiger partial charge in [0.15, 0.2) is 0 Å². The molecule has 27 heavy (non-hydrogen) atoms. The van der Waals surface area contributed by atoms with Gasteiger partial charge in [-0.15, -0.1) is 11.8 Å². The minimum absolute atomic E-state index is 0.00522. The molecule has 0 unspecified atom stereocenters. The number of methoxy groups -OCH3 is 1. The molecule has 2 aromatic carbocycles. The van der Waals surface area contributed by atoms with Crippen LogP contribution in [-0.4, -0.2) is 19.5 Å². The van der Waals surface area contributed by atoms with E-state index in [0.29, 0.717) is 5.75 Å². The molecule has 0 N–H and O–H groups in total. The number of ether oxygens (including phenoxy) is 2. The Labute approximate surface area is 158 Å². The van der Waals surface area contributed by atoms with Gasteiger partial charge in [0.1, 0.15) is 18.1 Å². The molecule has 0 heterocycles. The summed E-state index contributed by atoms with van der Waals surface area (Å²) in [5, 5.41) is 0. The van der Waals surface area contributed by atoms with Gasteiger partial charge in [0.25, 0.3) is 6.08 Å². The van der Waals surface area contributed by atoms with E-state index in [9.17, 15) is 22.0 Å². The number of alkyl halides is 3. The van der Waals surface area contributed by atoms with Gasteiger partial charge in [0.05, 0.1) is 12.7 Å². The maximum atomic E-state index is 13.1. The van der Waals surface area contributed by atoms with Crippen molar-refractivity contribution in [2.75, 3.05) is 19.5 Å². The summed E-state index contributed by atoms with van der Waals surface area (Å²) in [5.74, 6) is 0.791. The molecule has 0 aromatic heterocycles. The standard InChI is InChI=1S/C19H17F5O2S/c1-12-9-16(7-8-17(12)25-2)27-11-13(18(20)21)10-26-15-5-3-14(4-6-15)19(22,23)24/h3-9H,10-11H2,1-2H3. The lowest BCUT2D eigenvalue weighted by Crippen LogP contribution is -2.06. The number of halogens is 5. The molecule has 8 heteroatoms. The molecule has 0 atom stereocenters. The van der Waals surface area contributed by atoms with Crippen molar-refractivity contribution in [2.45, 2.75) is 18.0 Å². The fraction of sp³-hybridized carbons (Fsp3) is 0.263. The van der Waals surface area contributed by atoms with Gasteiger partial charge in [0, 0.05) is 16.2 Å². The van der Waals surface area contributed by atoms with Crippen molar-refractivity contribution in [1.29, 1.82) is 0 Å². The van der Waals surface area contributed by atoms with E-state index in [2.05, 4.69) is 0 Å². The molecule has 2 aromatic rings. The third-order valence-corrected chi connectivity index (χ3v) is 4.72. The summed E-state index contributed by atoms with van der Waals surface area (Å²) in [5.41, 5.74) is -0.171. The molecular formula is C19H17F5O2S. The SMILES string of the molecule is COc1ccc(SCC(COc2ccc(C(F)(F)F)cc2)=C(F)F)cc1C. The Morgan fingerprint density at radius 2 is 1.70 bits per heavy atom. The second-order valence-electron chi connectivity index (χ2n) is 5.59. The topological polar surface area (TPSA) is 18.5 Å². The first-order chi connectivity index (χ1) is 12.7. The summed E-state index contributed by atoms with van der Waals surface area (Å²) in [6.07, 6.45) is -6.32. The predicted octanol–water partition coefficient (Wildman–Crippen LogP) is 6.34. The highest BCUT2D eigenvalue weighted by Gasteiger charge is 2.30. The minimum Gasteiger partial charge on any atom is -0.496 e. The van der Waals surface area contributed by atoms with Gasteiger partial charge in [-0.05, 0) is 55.0 Å².